The third-order valence-corrected chi connectivity index (χ3v) is 4.71. The summed E-state index contributed by atoms with van der Waals surface area (Å²) in [5, 5.41) is 9.59. The number of aliphatic hydroxyl groups is 1. The Bertz CT molecular complexity index is 371. The van der Waals surface area contributed by atoms with E-state index in [-0.39, 0.29) is 38.4 Å². The highest BCUT2D eigenvalue weighted by Gasteiger charge is 2.54. The van der Waals surface area contributed by atoms with Gasteiger partial charge in [0.2, 0.25) is 5.91 Å². The summed E-state index contributed by atoms with van der Waals surface area (Å²) in [6.45, 7) is 3.99. The molecule has 0 aromatic rings. The van der Waals surface area contributed by atoms with Crippen LogP contribution in [-0.4, -0.2) is 65.3 Å². The third-order valence-electron chi connectivity index (χ3n) is 4.71. The van der Waals surface area contributed by atoms with E-state index in [9.17, 15) is 23.1 Å². The maximum absolute atomic E-state index is 12.7. The van der Waals surface area contributed by atoms with E-state index in [1.807, 2.05) is 0 Å². The highest BCUT2D eigenvalue weighted by Crippen LogP contribution is 2.38. The average molecular weight is 308 g/mol. The number of carbonyl (C=O) groups is 1. The van der Waals surface area contributed by atoms with Gasteiger partial charge in [-0.05, 0) is 31.6 Å². The smallest absolute Gasteiger partial charge is 0.380 e. The molecule has 2 saturated heterocycles. The van der Waals surface area contributed by atoms with Crippen LogP contribution in [0, 0.1) is 5.92 Å². The van der Waals surface area contributed by atoms with Crippen LogP contribution in [0.15, 0.2) is 0 Å². The van der Waals surface area contributed by atoms with E-state index in [4.69, 9.17) is 0 Å². The first-order valence-corrected chi connectivity index (χ1v) is 7.50. The summed E-state index contributed by atoms with van der Waals surface area (Å²) in [6.07, 6.45) is -3.34. The second-order valence-corrected chi connectivity index (χ2v) is 6.37. The van der Waals surface area contributed by atoms with Gasteiger partial charge in [-0.3, -0.25) is 9.69 Å². The van der Waals surface area contributed by atoms with E-state index in [1.54, 1.807) is 9.80 Å². The van der Waals surface area contributed by atoms with E-state index in [0.29, 0.717) is 5.92 Å². The second kappa shape index (κ2) is 6.12. The van der Waals surface area contributed by atoms with Gasteiger partial charge in [0.15, 0.2) is 5.60 Å². The third kappa shape index (κ3) is 3.88. The van der Waals surface area contributed by atoms with Crippen molar-refractivity contribution in [2.75, 3.05) is 32.7 Å². The maximum Gasteiger partial charge on any atom is 0.417 e. The summed E-state index contributed by atoms with van der Waals surface area (Å²) in [5.41, 5.74) is -2.59. The van der Waals surface area contributed by atoms with Crippen molar-refractivity contribution in [1.29, 1.82) is 0 Å². The molecule has 0 unspecified atom stereocenters. The molecule has 0 radical (unpaired) electrons. The Kier molecular flexibility index (Phi) is 4.82. The molecule has 122 valence electrons. The van der Waals surface area contributed by atoms with Crippen LogP contribution in [0.4, 0.5) is 13.2 Å². The molecule has 1 N–H and O–H groups in total. The Morgan fingerprint density at radius 3 is 2.19 bits per heavy atom. The van der Waals surface area contributed by atoms with Crippen LogP contribution in [0.25, 0.3) is 0 Å². The van der Waals surface area contributed by atoms with Crippen LogP contribution in [0.2, 0.25) is 0 Å². The van der Waals surface area contributed by atoms with E-state index in [2.05, 4.69) is 6.92 Å². The number of piperidine rings is 2. The SMILES string of the molecule is CC1CCN(C(=O)CN2CCC(O)(C(F)(F)F)CC2)CC1. The normalized spacial score (nSPS) is 25.1. The van der Waals surface area contributed by atoms with Gasteiger partial charge in [0.1, 0.15) is 0 Å². The zero-order valence-electron chi connectivity index (χ0n) is 12.3. The topological polar surface area (TPSA) is 43.8 Å². The van der Waals surface area contributed by atoms with Crippen molar-refractivity contribution in [2.45, 2.75) is 44.4 Å². The van der Waals surface area contributed by atoms with Gasteiger partial charge in [0.05, 0.1) is 6.54 Å². The zero-order chi connectivity index (χ0) is 15.7. The molecule has 0 aromatic heterocycles. The van der Waals surface area contributed by atoms with Crippen molar-refractivity contribution in [3.05, 3.63) is 0 Å². The Hall–Kier alpha value is -0.820. The van der Waals surface area contributed by atoms with Crippen LogP contribution in [-0.2, 0) is 4.79 Å². The van der Waals surface area contributed by atoms with Gasteiger partial charge < -0.3 is 10.0 Å². The van der Waals surface area contributed by atoms with Crippen molar-refractivity contribution < 1.29 is 23.1 Å². The van der Waals surface area contributed by atoms with Crippen LogP contribution < -0.4 is 0 Å². The van der Waals surface area contributed by atoms with E-state index in [0.717, 1.165) is 25.9 Å². The average Bonchev–Trinajstić information content (AvgIpc) is 2.41. The zero-order valence-corrected chi connectivity index (χ0v) is 12.3. The first-order valence-electron chi connectivity index (χ1n) is 7.50. The summed E-state index contributed by atoms with van der Waals surface area (Å²) in [5.74, 6) is 0.616. The van der Waals surface area contributed by atoms with E-state index in [1.165, 1.54) is 0 Å². The number of hydrogen-bond acceptors (Lipinski definition) is 3. The van der Waals surface area contributed by atoms with Gasteiger partial charge in [0, 0.05) is 26.2 Å². The molecule has 21 heavy (non-hydrogen) atoms. The van der Waals surface area contributed by atoms with Gasteiger partial charge in [-0.25, -0.2) is 0 Å². The number of halogens is 3. The maximum atomic E-state index is 12.7. The predicted molar refractivity (Wildman–Crippen MR) is 71.7 cm³/mol. The Morgan fingerprint density at radius 2 is 1.71 bits per heavy atom. The molecule has 2 rings (SSSR count). The molecule has 2 aliphatic rings. The summed E-state index contributed by atoms with van der Waals surface area (Å²) in [7, 11) is 0. The molecule has 2 aliphatic heterocycles. The molecule has 0 bridgehead atoms. The van der Waals surface area contributed by atoms with Gasteiger partial charge in [-0.2, -0.15) is 13.2 Å². The standard InChI is InChI=1S/C14H23F3N2O2/c1-11-2-6-19(7-3-11)12(20)10-18-8-4-13(21,5-9-18)14(15,16)17/h11,21H,2-10H2,1H3. The van der Waals surface area contributed by atoms with Crippen molar-refractivity contribution in [1.82, 2.24) is 9.80 Å². The molecule has 0 spiro atoms. The molecule has 2 heterocycles. The molecule has 2 fully saturated rings. The molecule has 0 saturated carbocycles. The lowest BCUT2D eigenvalue weighted by molar-refractivity contribution is -0.272. The van der Waals surface area contributed by atoms with E-state index >= 15 is 0 Å². The molecular weight excluding hydrogens is 285 g/mol. The molecule has 0 atom stereocenters. The molecule has 4 nitrogen and oxygen atoms in total. The highest BCUT2D eigenvalue weighted by molar-refractivity contribution is 5.78. The number of nitrogens with zero attached hydrogens (tertiary/aromatic N) is 2. The van der Waals surface area contributed by atoms with Crippen molar-refractivity contribution in [2.24, 2.45) is 5.92 Å². The number of rotatable bonds is 2. The number of hydrogen-bond donors (Lipinski definition) is 1. The van der Waals surface area contributed by atoms with Gasteiger partial charge in [-0.1, -0.05) is 6.92 Å². The molecule has 7 heteroatoms. The van der Waals surface area contributed by atoms with Crippen LogP contribution in [0.3, 0.4) is 0 Å². The molecule has 0 aliphatic carbocycles. The fourth-order valence-electron chi connectivity index (χ4n) is 2.91. The van der Waals surface area contributed by atoms with Gasteiger partial charge in [-0.15, -0.1) is 0 Å². The van der Waals surface area contributed by atoms with Crippen LogP contribution in [0.5, 0.6) is 0 Å². The minimum absolute atomic E-state index is 0.0145. The largest absolute Gasteiger partial charge is 0.417 e. The second-order valence-electron chi connectivity index (χ2n) is 6.37. The fourth-order valence-corrected chi connectivity index (χ4v) is 2.91. The number of amides is 1. The first-order chi connectivity index (χ1) is 9.71. The lowest BCUT2D eigenvalue weighted by atomic mass is 9.91. The summed E-state index contributed by atoms with van der Waals surface area (Å²) in [4.78, 5) is 15.6. The summed E-state index contributed by atoms with van der Waals surface area (Å²) >= 11 is 0. The summed E-state index contributed by atoms with van der Waals surface area (Å²) < 4.78 is 38.1. The fraction of sp³-hybridized carbons (Fsp3) is 0.929. The van der Waals surface area contributed by atoms with Crippen LogP contribution >= 0.6 is 0 Å². The van der Waals surface area contributed by atoms with Crippen LogP contribution in [0.1, 0.15) is 32.6 Å². The monoisotopic (exact) mass is 308 g/mol. The quantitative estimate of drug-likeness (QED) is 0.843. The Labute approximate surface area is 122 Å². The highest BCUT2D eigenvalue weighted by atomic mass is 19.4. The number of likely N-dealkylation sites (tertiary alicyclic amines) is 2. The Morgan fingerprint density at radius 1 is 1.19 bits per heavy atom. The molecule has 1 amide bonds. The number of carbonyl (C=O) groups excluding carboxylic acids is 1. The first kappa shape index (κ1) is 16.5. The lowest BCUT2D eigenvalue weighted by Crippen LogP contribution is -2.55. The van der Waals surface area contributed by atoms with Crippen molar-refractivity contribution in [3.63, 3.8) is 0 Å². The van der Waals surface area contributed by atoms with Gasteiger partial charge >= 0.3 is 6.18 Å². The Balaban J connectivity index is 1.80. The molecular formula is C14H23F3N2O2. The lowest BCUT2D eigenvalue weighted by Gasteiger charge is -2.39. The summed E-state index contributed by atoms with van der Waals surface area (Å²) in [6, 6.07) is 0. The van der Waals surface area contributed by atoms with Crippen molar-refractivity contribution >= 4 is 5.91 Å². The minimum atomic E-state index is -4.59. The van der Waals surface area contributed by atoms with E-state index < -0.39 is 11.8 Å². The minimum Gasteiger partial charge on any atom is -0.380 e. The van der Waals surface area contributed by atoms with Crippen molar-refractivity contribution in [3.8, 4) is 0 Å². The predicted octanol–water partition coefficient (Wildman–Crippen LogP) is 1.63. The molecule has 0 aromatic carbocycles. The van der Waals surface area contributed by atoms with Gasteiger partial charge in [0.25, 0.3) is 0 Å². The number of alkyl halides is 3.